The summed E-state index contributed by atoms with van der Waals surface area (Å²) in [6.07, 6.45) is 3.63. The van der Waals surface area contributed by atoms with Crippen molar-refractivity contribution in [1.82, 2.24) is 14.9 Å². The lowest BCUT2D eigenvalue weighted by atomic mass is 10.1. The van der Waals surface area contributed by atoms with E-state index >= 15 is 0 Å². The number of likely N-dealkylation sites (N-methyl/N-ethyl adjacent to an activating group) is 1. The molecule has 2 rings (SSSR count). The normalized spacial score (nSPS) is 20.0. The molecule has 2 heterocycles. The van der Waals surface area contributed by atoms with Gasteiger partial charge in [-0.15, -0.1) is 0 Å². The Kier molecular flexibility index (Phi) is 5.55. The summed E-state index contributed by atoms with van der Waals surface area (Å²) >= 11 is 0. The molecule has 1 aromatic heterocycles. The highest BCUT2D eigenvalue weighted by atomic mass is 16.5. The summed E-state index contributed by atoms with van der Waals surface area (Å²) < 4.78 is 5.78. The number of morpholine rings is 1. The predicted octanol–water partition coefficient (Wildman–Crippen LogP) is 1.14. The third kappa shape index (κ3) is 3.80. The SMILES string of the molecule is CCCc1c(N)ncnc1NCC1CN(CC)CCO1. The summed E-state index contributed by atoms with van der Waals surface area (Å²) in [6, 6.07) is 0. The van der Waals surface area contributed by atoms with Gasteiger partial charge in [-0.1, -0.05) is 20.3 Å². The molecular weight excluding hydrogens is 254 g/mol. The van der Waals surface area contributed by atoms with Gasteiger partial charge in [-0.05, 0) is 13.0 Å². The topological polar surface area (TPSA) is 76.3 Å². The number of hydrogen-bond acceptors (Lipinski definition) is 6. The Morgan fingerprint density at radius 2 is 2.30 bits per heavy atom. The predicted molar refractivity (Wildman–Crippen MR) is 80.8 cm³/mol. The molecule has 1 atom stereocenters. The van der Waals surface area contributed by atoms with Crippen molar-refractivity contribution in [2.45, 2.75) is 32.8 Å². The molecular formula is C14H25N5O. The van der Waals surface area contributed by atoms with E-state index < -0.39 is 0 Å². The molecule has 1 unspecified atom stereocenters. The Labute approximate surface area is 120 Å². The molecule has 1 fully saturated rings. The van der Waals surface area contributed by atoms with Crippen molar-refractivity contribution in [3.05, 3.63) is 11.9 Å². The summed E-state index contributed by atoms with van der Waals surface area (Å²) in [5, 5.41) is 3.37. The van der Waals surface area contributed by atoms with Crippen LogP contribution in [0.2, 0.25) is 0 Å². The number of aromatic nitrogens is 2. The van der Waals surface area contributed by atoms with Gasteiger partial charge < -0.3 is 15.8 Å². The van der Waals surface area contributed by atoms with E-state index in [1.807, 2.05) is 0 Å². The summed E-state index contributed by atoms with van der Waals surface area (Å²) in [6.45, 7) is 8.92. The lowest BCUT2D eigenvalue weighted by molar-refractivity contribution is -0.0192. The minimum absolute atomic E-state index is 0.203. The summed E-state index contributed by atoms with van der Waals surface area (Å²) in [5.41, 5.74) is 6.94. The van der Waals surface area contributed by atoms with Gasteiger partial charge in [-0.2, -0.15) is 0 Å². The van der Waals surface area contributed by atoms with Crippen LogP contribution in [0.5, 0.6) is 0 Å². The number of hydrogen-bond donors (Lipinski definition) is 2. The van der Waals surface area contributed by atoms with Gasteiger partial charge in [-0.25, -0.2) is 9.97 Å². The van der Waals surface area contributed by atoms with Gasteiger partial charge in [0.25, 0.3) is 0 Å². The molecule has 6 nitrogen and oxygen atoms in total. The molecule has 0 aliphatic carbocycles. The Balaban J connectivity index is 1.95. The van der Waals surface area contributed by atoms with Crippen molar-refractivity contribution in [3.8, 4) is 0 Å². The van der Waals surface area contributed by atoms with E-state index in [0.29, 0.717) is 5.82 Å². The second-order valence-electron chi connectivity index (χ2n) is 5.10. The van der Waals surface area contributed by atoms with Crippen LogP contribution in [0.4, 0.5) is 11.6 Å². The van der Waals surface area contributed by atoms with Crippen LogP contribution in [0.25, 0.3) is 0 Å². The van der Waals surface area contributed by atoms with E-state index in [4.69, 9.17) is 10.5 Å². The van der Waals surface area contributed by atoms with Crippen LogP contribution in [-0.4, -0.2) is 53.8 Å². The van der Waals surface area contributed by atoms with E-state index in [0.717, 1.165) is 57.0 Å². The van der Waals surface area contributed by atoms with Gasteiger partial charge in [0, 0.05) is 25.2 Å². The fraction of sp³-hybridized carbons (Fsp3) is 0.714. The molecule has 1 saturated heterocycles. The molecule has 1 aliphatic rings. The van der Waals surface area contributed by atoms with Gasteiger partial charge in [0.1, 0.15) is 18.0 Å². The molecule has 112 valence electrons. The van der Waals surface area contributed by atoms with Crippen molar-refractivity contribution < 1.29 is 4.74 Å². The highest BCUT2D eigenvalue weighted by Crippen LogP contribution is 2.19. The van der Waals surface area contributed by atoms with Crippen molar-refractivity contribution >= 4 is 11.6 Å². The lowest BCUT2D eigenvalue weighted by Gasteiger charge is -2.32. The van der Waals surface area contributed by atoms with E-state index in [1.54, 1.807) is 0 Å². The molecule has 0 radical (unpaired) electrons. The van der Waals surface area contributed by atoms with Gasteiger partial charge in [0.15, 0.2) is 0 Å². The first kappa shape index (κ1) is 15.0. The molecule has 0 saturated carbocycles. The number of nitrogen functional groups attached to an aromatic ring is 1. The summed E-state index contributed by atoms with van der Waals surface area (Å²) in [7, 11) is 0. The second kappa shape index (κ2) is 7.40. The zero-order chi connectivity index (χ0) is 14.4. The maximum Gasteiger partial charge on any atom is 0.134 e. The quantitative estimate of drug-likeness (QED) is 0.813. The first-order chi connectivity index (χ1) is 9.74. The molecule has 6 heteroatoms. The van der Waals surface area contributed by atoms with Crippen LogP contribution in [0.15, 0.2) is 6.33 Å². The molecule has 3 N–H and O–H groups in total. The van der Waals surface area contributed by atoms with E-state index in [1.165, 1.54) is 6.33 Å². The van der Waals surface area contributed by atoms with E-state index in [2.05, 4.69) is 34.0 Å². The van der Waals surface area contributed by atoms with Gasteiger partial charge in [-0.3, -0.25) is 4.90 Å². The third-order valence-corrected chi connectivity index (χ3v) is 3.65. The number of nitrogens with zero attached hydrogens (tertiary/aromatic N) is 3. The molecule has 0 aromatic carbocycles. The summed E-state index contributed by atoms with van der Waals surface area (Å²) in [5.74, 6) is 1.42. The lowest BCUT2D eigenvalue weighted by Crippen LogP contribution is -2.45. The van der Waals surface area contributed by atoms with Crippen LogP contribution in [0, 0.1) is 0 Å². The molecule has 0 bridgehead atoms. The van der Waals surface area contributed by atoms with Crippen LogP contribution in [-0.2, 0) is 11.2 Å². The first-order valence-corrected chi connectivity index (χ1v) is 7.41. The van der Waals surface area contributed by atoms with Crippen LogP contribution in [0.3, 0.4) is 0 Å². The van der Waals surface area contributed by atoms with Crippen molar-refractivity contribution in [2.75, 3.05) is 43.8 Å². The maximum absolute atomic E-state index is 5.93. The van der Waals surface area contributed by atoms with E-state index in [9.17, 15) is 0 Å². The average Bonchev–Trinajstić information content (AvgIpc) is 2.48. The highest BCUT2D eigenvalue weighted by Gasteiger charge is 2.19. The van der Waals surface area contributed by atoms with Crippen LogP contribution >= 0.6 is 0 Å². The van der Waals surface area contributed by atoms with Gasteiger partial charge >= 0.3 is 0 Å². The number of nitrogens with two attached hydrogens (primary N) is 1. The Bertz CT molecular complexity index is 426. The molecule has 20 heavy (non-hydrogen) atoms. The minimum Gasteiger partial charge on any atom is -0.383 e. The van der Waals surface area contributed by atoms with Crippen molar-refractivity contribution in [3.63, 3.8) is 0 Å². The first-order valence-electron chi connectivity index (χ1n) is 7.41. The van der Waals surface area contributed by atoms with Crippen LogP contribution < -0.4 is 11.1 Å². The highest BCUT2D eigenvalue weighted by molar-refractivity contribution is 5.55. The molecule has 0 amide bonds. The number of ether oxygens (including phenoxy) is 1. The van der Waals surface area contributed by atoms with Crippen LogP contribution in [0.1, 0.15) is 25.8 Å². The number of rotatable bonds is 6. The average molecular weight is 279 g/mol. The second-order valence-corrected chi connectivity index (χ2v) is 5.10. The minimum atomic E-state index is 0.203. The Hall–Kier alpha value is -1.40. The molecule has 1 aromatic rings. The smallest absolute Gasteiger partial charge is 0.134 e. The standard InChI is InChI=1S/C14H25N5O/c1-3-5-12-13(15)17-10-18-14(12)16-8-11-9-19(4-2)6-7-20-11/h10-11H,3-9H2,1-2H3,(H3,15,16,17,18). The molecule has 1 aliphatic heterocycles. The zero-order valence-corrected chi connectivity index (χ0v) is 12.4. The third-order valence-electron chi connectivity index (χ3n) is 3.65. The Morgan fingerprint density at radius 3 is 3.05 bits per heavy atom. The van der Waals surface area contributed by atoms with Crippen molar-refractivity contribution in [2.24, 2.45) is 0 Å². The van der Waals surface area contributed by atoms with Gasteiger partial charge in [0.05, 0.1) is 12.7 Å². The number of nitrogens with one attached hydrogen (secondary N) is 1. The van der Waals surface area contributed by atoms with E-state index in [-0.39, 0.29) is 6.10 Å². The fourth-order valence-electron chi connectivity index (χ4n) is 2.48. The zero-order valence-electron chi connectivity index (χ0n) is 12.4. The summed E-state index contributed by atoms with van der Waals surface area (Å²) in [4.78, 5) is 10.8. The number of anilines is 2. The van der Waals surface area contributed by atoms with Gasteiger partial charge in [0.2, 0.25) is 0 Å². The fourth-order valence-corrected chi connectivity index (χ4v) is 2.48. The molecule has 0 spiro atoms. The Morgan fingerprint density at radius 1 is 1.45 bits per heavy atom. The van der Waals surface area contributed by atoms with Crippen molar-refractivity contribution in [1.29, 1.82) is 0 Å². The maximum atomic E-state index is 5.93. The monoisotopic (exact) mass is 279 g/mol. The largest absolute Gasteiger partial charge is 0.383 e.